The summed E-state index contributed by atoms with van der Waals surface area (Å²) in [6, 6.07) is 40.0. The van der Waals surface area contributed by atoms with Crippen molar-refractivity contribution in [1.82, 2.24) is 4.98 Å². The molecule has 0 saturated carbocycles. The van der Waals surface area contributed by atoms with Crippen molar-refractivity contribution < 1.29 is 0 Å². The second kappa shape index (κ2) is 13.0. The minimum absolute atomic E-state index is 0.00515. The summed E-state index contributed by atoms with van der Waals surface area (Å²) < 4.78 is 0. The smallest absolute Gasteiger partial charge is 0.252 e. The molecule has 0 fully saturated rings. The van der Waals surface area contributed by atoms with Gasteiger partial charge >= 0.3 is 0 Å². The van der Waals surface area contributed by atoms with E-state index in [1.54, 1.807) is 0 Å². The summed E-state index contributed by atoms with van der Waals surface area (Å²) in [5.41, 5.74) is 20.3. The first kappa shape index (κ1) is 37.8. The predicted molar refractivity (Wildman–Crippen MR) is 243 cm³/mol. The Bertz CT molecular complexity index is 2470. The molecule has 284 valence electrons. The van der Waals surface area contributed by atoms with Gasteiger partial charge in [0.2, 0.25) is 0 Å². The fourth-order valence-electron chi connectivity index (χ4n) is 8.67. The number of anilines is 6. The van der Waals surface area contributed by atoms with Crippen LogP contribution in [-0.2, 0) is 21.7 Å². The molecule has 5 aromatic carbocycles. The van der Waals surface area contributed by atoms with Crippen LogP contribution in [-0.4, -0.2) is 11.7 Å². The van der Waals surface area contributed by atoms with E-state index in [1.807, 2.05) is 12.4 Å². The minimum Gasteiger partial charge on any atom is -0.311 e. The van der Waals surface area contributed by atoms with Crippen LogP contribution >= 0.6 is 0 Å². The molecule has 1 aromatic heterocycles. The monoisotopic (exact) mass is 735 g/mol. The Labute approximate surface area is 336 Å². The fourth-order valence-corrected chi connectivity index (χ4v) is 8.67. The van der Waals surface area contributed by atoms with Gasteiger partial charge in [0, 0.05) is 52.0 Å². The molecule has 56 heavy (non-hydrogen) atoms. The van der Waals surface area contributed by atoms with Gasteiger partial charge in [0.25, 0.3) is 6.71 Å². The third kappa shape index (κ3) is 6.45. The number of hydrogen-bond acceptors (Lipinski definition) is 3. The summed E-state index contributed by atoms with van der Waals surface area (Å²) in [5, 5.41) is 0. The average Bonchev–Trinajstić information content (AvgIpc) is 3.13. The van der Waals surface area contributed by atoms with Gasteiger partial charge in [-0.1, -0.05) is 132 Å². The van der Waals surface area contributed by atoms with Crippen molar-refractivity contribution in [2.24, 2.45) is 0 Å². The van der Waals surface area contributed by atoms with E-state index < -0.39 is 0 Å². The molecule has 2 aliphatic rings. The second-order valence-electron chi connectivity index (χ2n) is 20.4. The molecule has 8 rings (SSSR count). The molecular formula is C52H58BN3. The number of benzene rings is 5. The van der Waals surface area contributed by atoms with Gasteiger partial charge in [0.15, 0.2) is 0 Å². The summed E-state index contributed by atoms with van der Waals surface area (Å²) >= 11 is 0. The lowest BCUT2D eigenvalue weighted by atomic mass is 9.33. The van der Waals surface area contributed by atoms with Crippen molar-refractivity contribution in [2.45, 2.75) is 112 Å². The molecular weight excluding hydrogens is 677 g/mol. The van der Waals surface area contributed by atoms with Gasteiger partial charge in [0.1, 0.15) is 0 Å². The highest BCUT2D eigenvalue weighted by molar-refractivity contribution is 7.00. The summed E-state index contributed by atoms with van der Waals surface area (Å²) in [6.07, 6.45) is 3.88. The molecule has 2 aliphatic heterocycles. The number of pyridine rings is 1. The van der Waals surface area contributed by atoms with Crippen LogP contribution in [0.3, 0.4) is 0 Å². The highest BCUT2D eigenvalue weighted by atomic mass is 15.2. The molecule has 0 saturated heterocycles. The first-order valence-corrected chi connectivity index (χ1v) is 20.4. The second-order valence-corrected chi connectivity index (χ2v) is 20.4. The molecule has 0 N–H and O–H groups in total. The minimum atomic E-state index is -0.0168. The van der Waals surface area contributed by atoms with Crippen LogP contribution in [0.15, 0.2) is 116 Å². The van der Waals surface area contributed by atoms with Crippen LogP contribution in [0, 0.1) is 6.92 Å². The van der Waals surface area contributed by atoms with E-state index in [1.165, 1.54) is 78.2 Å². The Balaban J connectivity index is 1.49. The maximum atomic E-state index is 4.62. The lowest BCUT2D eigenvalue weighted by Crippen LogP contribution is -2.61. The highest BCUT2D eigenvalue weighted by Gasteiger charge is 2.44. The van der Waals surface area contributed by atoms with E-state index in [2.05, 4.69) is 208 Å². The first-order valence-electron chi connectivity index (χ1n) is 20.4. The number of fused-ring (bicyclic) bond motifs is 4. The number of nitrogens with zero attached hydrogens (tertiary/aromatic N) is 3. The van der Waals surface area contributed by atoms with Crippen LogP contribution in [0.25, 0.3) is 11.1 Å². The molecule has 0 bridgehead atoms. The van der Waals surface area contributed by atoms with E-state index in [4.69, 9.17) is 0 Å². The Morgan fingerprint density at radius 1 is 0.464 bits per heavy atom. The Kier molecular flexibility index (Phi) is 8.77. The predicted octanol–water partition coefficient (Wildman–Crippen LogP) is 12.3. The number of hydrogen-bond donors (Lipinski definition) is 0. The molecule has 6 aromatic rings. The lowest BCUT2D eigenvalue weighted by Gasteiger charge is -2.45. The molecule has 0 radical (unpaired) electrons. The van der Waals surface area contributed by atoms with E-state index in [0.717, 1.165) is 11.3 Å². The summed E-state index contributed by atoms with van der Waals surface area (Å²) in [5.74, 6) is 0. The van der Waals surface area contributed by atoms with E-state index in [0.29, 0.717) is 0 Å². The molecule has 0 aliphatic carbocycles. The van der Waals surface area contributed by atoms with Crippen molar-refractivity contribution in [1.29, 1.82) is 0 Å². The van der Waals surface area contributed by atoms with Gasteiger partial charge < -0.3 is 9.80 Å². The molecule has 4 heteroatoms. The summed E-state index contributed by atoms with van der Waals surface area (Å²) in [6.45, 7) is 30.1. The van der Waals surface area contributed by atoms with Crippen molar-refractivity contribution >= 4 is 57.2 Å². The fraction of sp³-hybridized carbons (Fsp3) is 0.327. The van der Waals surface area contributed by atoms with Gasteiger partial charge in [0.05, 0.1) is 5.69 Å². The van der Waals surface area contributed by atoms with E-state index >= 15 is 0 Å². The standard InChI is InChI=1S/C52H58BN3/c1-33-27-46-48-47(28-33)56(43-23-18-36(50(5,6)7)29-40(43)34-15-14-26-54-32-34)45-25-20-38(52(11,12)13)31-42(45)53(48)41-30-37(51(8,9)10)19-24-44(41)55(46)39-21-16-35(17-22-39)49(2,3)4/h14-32H,1-13H3. The van der Waals surface area contributed by atoms with Gasteiger partial charge in [-0.15, -0.1) is 0 Å². The summed E-state index contributed by atoms with van der Waals surface area (Å²) in [7, 11) is 0. The normalized spacial score (nSPS) is 14.1. The van der Waals surface area contributed by atoms with Crippen molar-refractivity contribution in [3.63, 3.8) is 0 Å². The van der Waals surface area contributed by atoms with Gasteiger partial charge in [-0.3, -0.25) is 4.98 Å². The van der Waals surface area contributed by atoms with E-state index in [-0.39, 0.29) is 28.4 Å². The molecule has 3 nitrogen and oxygen atoms in total. The Morgan fingerprint density at radius 2 is 0.929 bits per heavy atom. The largest absolute Gasteiger partial charge is 0.311 e. The third-order valence-corrected chi connectivity index (χ3v) is 12.0. The van der Waals surface area contributed by atoms with Crippen LogP contribution in [0.1, 0.15) is 111 Å². The van der Waals surface area contributed by atoms with Gasteiger partial charge in [-0.25, -0.2) is 0 Å². The molecule has 0 amide bonds. The maximum absolute atomic E-state index is 4.62. The SMILES string of the molecule is Cc1cc2c3c(c1)N(c1ccc(C(C)(C)C)cc1-c1cccnc1)c1ccc(C(C)(C)C)cc1B3c1cc(C(C)(C)C)ccc1N2c1ccc(C(C)(C)C)cc1. The highest BCUT2D eigenvalue weighted by Crippen LogP contribution is 2.48. The zero-order chi connectivity index (χ0) is 40.1. The van der Waals surface area contributed by atoms with Crippen molar-refractivity contribution in [2.75, 3.05) is 9.80 Å². The topological polar surface area (TPSA) is 19.4 Å². The Hall–Kier alpha value is -5.09. The molecule has 0 atom stereocenters. The third-order valence-electron chi connectivity index (χ3n) is 12.0. The Morgan fingerprint density at radius 3 is 1.43 bits per heavy atom. The van der Waals surface area contributed by atoms with Crippen LogP contribution in [0.2, 0.25) is 0 Å². The quantitative estimate of drug-likeness (QED) is 0.168. The van der Waals surface area contributed by atoms with Crippen molar-refractivity contribution in [3.05, 3.63) is 143 Å². The van der Waals surface area contributed by atoms with Gasteiger partial charge in [-0.2, -0.15) is 0 Å². The van der Waals surface area contributed by atoms with Crippen LogP contribution < -0.4 is 26.2 Å². The van der Waals surface area contributed by atoms with Crippen LogP contribution in [0.5, 0.6) is 0 Å². The molecule has 3 heterocycles. The molecule has 0 spiro atoms. The number of aryl methyl sites for hydroxylation is 1. The van der Waals surface area contributed by atoms with Crippen LogP contribution in [0.4, 0.5) is 34.1 Å². The van der Waals surface area contributed by atoms with Crippen molar-refractivity contribution in [3.8, 4) is 11.1 Å². The van der Waals surface area contributed by atoms with Gasteiger partial charge in [-0.05, 0) is 127 Å². The zero-order valence-electron chi connectivity index (χ0n) is 35.9. The zero-order valence-corrected chi connectivity index (χ0v) is 35.9. The maximum Gasteiger partial charge on any atom is 0.252 e. The average molecular weight is 736 g/mol. The lowest BCUT2D eigenvalue weighted by molar-refractivity contribution is 0.590. The molecule has 0 unspecified atom stereocenters. The number of aromatic nitrogens is 1. The first-order chi connectivity index (χ1) is 26.2. The van der Waals surface area contributed by atoms with E-state index in [9.17, 15) is 0 Å². The summed E-state index contributed by atoms with van der Waals surface area (Å²) in [4.78, 5) is 9.73. The number of rotatable bonds is 3.